The predicted molar refractivity (Wildman–Crippen MR) is 97.0 cm³/mol. The van der Waals surface area contributed by atoms with Gasteiger partial charge in [-0.1, -0.05) is 48.0 Å². The smallest absolute Gasteiger partial charge is 0.124 e. The molecule has 0 saturated heterocycles. The van der Waals surface area contributed by atoms with Crippen LogP contribution in [0.4, 0.5) is 0 Å². The van der Waals surface area contributed by atoms with E-state index in [1.165, 1.54) is 0 Å². The summed E-state index contributed by atoms with van der Waals surface area (Å²) in [6.45, 7) is 1.91. The van der Waals surface area contributed by atoms with Gasteiger partial charge >= 0.3 is 0 Å². The van der Waals surface area contributed by atoms with E-state index in [1.807, 2.05) is 54.6 Å². The number of nitrogens with zero attached hydrogens (tertiary/aromatic N) is 1. The molecule has 4 heteroatoms. The number of benzene rings is 2. The van der Waals surface area contributed by atoms with Crippen molar-refractivity contribution in [3.63, 3.8) is 0 Å². The SMILES string of the molecule is Clc1ccc(OCc2ccccc2)c(CNCc2ccccn2)c1. The maximum Gasteiger partial charge on any atom is 0.124 e. The second-order valence-electron chi connectivity index (χ2n) is 5.45. The molecule has 0 radical (unpaired) electrons. The quantitative estimate of drug-likeness (QED) is 0.683. The van der Waals surface area contributed by atoms with Crippen LogP contribution in [-0.2, 0) is 19.7 Å². The average Bonchev–Trinajstić information content (AvgIpc) is 2.63. The summed E-state index contributed by atoms with van der Waals surface area (Å²) in [4.78, 5) is 4.31. The summed E-state index contributed by atoms with van der Waals surface area (Å²) in [5.74, 6) is 0.844. The Kier molecular flexibility index (Phi) is 5.83. The van der Waals surface area contributed by atoms with Gasteiger partial charge in [-0.05, 0) is 35.9 Å². The van der Waals surface area contributed by atoms with Crippen molar-refractivity contribution in [1.29, 1.82) is 0 Å². The number of hydrogen-bond acceptors (Lipinski definition) is 3. The fourth-order valence-electron chi connectivity index (χ4n) is 2.39. The molecule has 1 N–H and O–H groups in total. The van der Waals surface area contributed by atoms with Gasteiger partial charge in [0, 0.05) is 29.9 Å². The molecule has 0 spiro atoms. The van der Waals surface area contributed by atoms with Gasteiger partial charge in [0.1, 0.15) is 12.4 Å². The Bertz CT molecular complexity index is 763. The molecular formula is C20H19ClN2O. The highest BCUT2D eigenvalue weighted by Crippen LogP contribution is 2.24. The molecule has 0 atom stereocenters. The van der Waals surface area contributed by atoms with Crippen LogP contribution in [0.2, 0.25) is 5.02 Å². The number of halogens is 1. The lowest BCUT2D eigenvalue weighted by Crippen LogP contribution is -2.14. The second-order valence-corrected chi connectivity index (χ2v) is 5.89. The number of aromatic nitrogens is 1. The van der Waals surface area contributed by atoms with Gasteiger partial charge in [0.15, 0.2) is 0 Å². The Morgan fingerprint density at radius 2 is 1.75 bits per heavy atom. The van der Waals surface area contributed by atoms with E-state index >= 15 is 0 Å². The van der Waals surface area contributed by atoms with Gasteiger partial charge in [-0.2, -0.15) is 0 Å². The number of rotatable bonds is 7. The first-order valence-corrected chi connectivity index (χ1v) is 8.25. The van der Waals surface area contributed by atoms with Crippen LogP contribution >= 0.6 is 11.6 Å². The van der Waals surface area contributed by atoms with E-state index in [1.54, 1.807) is 6.20 Å². The van der Waals surface area contributed by atoms with Gasteiger partial charge in [-0.25, -0.2) is 0 Å². The first-order valence-electron chi connectivity index (χ1n) is 7.87. The minimum absolute atomic E-state index is 0.537. The highest BCUT2D eigenvalue weighted by atomic mass is 35.5. The Morgan fingerprint density at radius 1 is 0.917 bits per heavy atom. The van der Waals surface area contributed by atoms with Crippen LogP contribution in [0.3, 0.4) is 0 Å². The fraction of sp³-hybridized carbons (Fsp3) is 0.150. The molecule has 0 aliphatic heterocycles. The summed E-state index contributed by atoms with van der Waals surface area (Å²) in [5, 5.41) is 4.09. The molecule has 0 fully saturated rings. The maximum atomic E-state index is 6.13. The number of pyridine rings is 1. The summed E-state index contributed by atoms with van der Waals surface area (Å²) < 4.78 is 5.97. The van der Waals surface area contributed by atoms with Crippen molar-refractivity contribution in [2.75, 3.05) is 0 Å². The molecule has 0 bridgehead atoms. The van der Waals surface area contributed by atoms with Crippen LogP contribution in [0.15, 0.2) is 72.9 Å². The van der Waals surface area contributed by atoms with E-state index in [9.17, 15) is 0 Å². The summed E-state index contributed by atoms with van der Waals surface area (Å²) in [5.41, 5.74) is 3.18. The molecule has 3 rings (SSSR count). The molecule has 1 heterocycles. The van der Waals surface area contributed by atoms with Gasteiger partial charge in [0.2, 0.25) is 0 Å². The lowest BCUT2D eigenvalue weighted by atomic mass is 10.2. The van der Waals surface area contributed by atoms with Gasteiger partial charge in [0.25, 0.3) is 0 Å². The lowest BCUT2D eigenvalue weighted by molar-refractivity contribution is 0.302. The highest BCUT2D eigenvalue weighted by molar-refractivity contribution is 6.30. The summed E-state index contributed by atoms with van der Waals surface area (Å²) >= 11 is 6.13. The van der Waals surface area contributed by atoms with Crippen LogP contribution in [0, 0.1) is 0 Å². The number of nitrogens with one attached hydrogen (secondary N) is 1. The van der Waals surface area contributed by atoms with Gasteiger partial charge < -0.3 is 10.1 Å². The van der Waals surface area contributed by atoms with Gasteiger partial charge in [-0.3, -0.25) is 4.98 Å². The van der Waals surface area contributed by atoms with E-state index in [2.05, 4.69) is 22.4 Å². The third kappa shape index (κ3) is 4.82. The highest BCUT2D eigenvalue weighted by Gasteiger charge is 2.06. The zero-order valence-corrected chi connectivity index (χ0v) is 14.0. The van der Waals surface area contributed by atoms with Crippen LogP contribution in [0.25, 0.3) is 0 Å². The molecule has 0 aliphatic carbocycles. The molecular weight excluding hydrogens is 320 g/mol. The topological polar surface area (TPSA) is 34.1 Å². The van der Waals surface area contributed by atoms with Crippen LogP contribution < -0.4 is 10.1 Å². The molecule has 0 saturated carbocycles. The fourth-order valence-corrected chi connectivity index (χ4v) is 2.58. The van der Waals surface area contributed by atoms with E-state index in [4.69, 9.17) is 16.3 Å². The van der Waals surface area contributed by atoms with E-state index < -0.39 is 0 Å². The summed E-state index contributed by atoms with van der Waals surface area (Å²) in [6, 6.07) is 21.7. The largest absolute Gasteiger partial charge is 0.489 e. The third-order valence-electron chi connectivity index (χ3n) is 3.61. The number of hydrogen-bond donors (Lipinski definition) is 1. The molecule has 24 heavy (non-hydrogen) atoms. The molecule has 0 aliphatic rings. The zero-order chi connectivity index (χ0) is 16.6. The summed E-state index contributed by atoms with van der Waals surface area (Å²) in [6.07, 6.45) is 1.80. The van der Waals surface area contributed by atoms with E-state index in [0.717, 1.165) is 22.6 Å². The molecule has 1 aromatic heterocycles. The van der Waals surface area contributed by atoms with Crippen LogP contribution in [0.5, 0.6) is 5.75 Å². The van der Waals surface area contributed by atoms with Crippen LogP contribution in [-0.4, -0.2) is 4.98 Å². The Labute approximate surface area is 147 Å². The molecule has 122 valence electrons. The Balaban J connectivity index is 1.62. The molecule has 0 amide bonds. The average molecular weight is 339 g/mol. The van der Waals surface area contributed by atoms with Crippen molar-refractivity contribution in [2.24, 2.45) is 0 Å². The molecule has 0 unspecified atom stereocenters. The van der Waals surface area contributed by atoms with E-state index in [-0.39, 0.29) is 0 Å². The van der Waals surface area contributed by atoms with Crippen molar-refractivity contribution in [3.8, 4) is 5.75 Å². The van der Waals surface area contributed by atoms with Crippen molar-refractivity contribution >= 4 is 11.6 Å². The third-order valence-corrected chi connectivity index (χ3v) is 3.84. The van der Waals surface area contributed by atoms with Crippen LogP contribution in [0.1, 0.15) is 16.8 Å². The summed E-state index contributed by atoms with van der Waals surface area (Å²) in [7, 11) is 0. The van der Waals surface area contributed by atoms with E-state index in [0.29, 0.717) is 24.7 Å². The first kappa shape index (κ1) is 16.5. The maximum absolute atomic E-state index is 6.13. The Hall–Kier alpha value is -2.36. The number of ether oxygens (including phenoxy) is 1. The first-order chi connectivity index (χ1) is 11.8. The monoisotopic (exact) mass is 338 g/mol. The second kappa shape index (κ2) is 8.48. The lowest BCUT2D eigenvalue weighted by Gasteiger charge is -2.13. The molecule has 2 aromatic carbocycles. The Morgan fingerprint density at radius 3 is 2.54 bits per heavy atom. The minimum Gasteiger partial charge on any atom is -0.489 e. The van der Waals surface area contributed by atoms with Gasteiger partial charge in [0.05, 0.1) is 5.69 Å². The zero-order valence-electron chi connectivity index (χ0n) is 13.3. The molecule has 3 nitrogen and oxygen atoms in total. The minimum atomic E-state index is 0.537. The normalized spacial score (nSPS) is 10.5. The van der Waals surface area contributed by atoms with Crippen molar-refractivity contribution < 1.29 is 4.74 Å². The van der Waals surface area contributed by atoms with Crippen molar-refractivity contribution in [1.82, 2.24) is 10.3 Å². The van der Waals surface area contributed by atoms with Gasteiger partial charge in [-0.15, -0.1) is 0 Å². The standard InChI is InChI=1S/C20H19ClN2O/c21-18-9-10-20(24-15-16-6-2-1-3-7-16)17(12-18)13-22-14-19-8-4-5-11-23-19/h1-12,22H,13-15H2. The predicted octanol–water partition coefficient (Wildman–Crippen LogP) is 4.60. The van der Waals surface area contributed by atoms with Crippen molar-refractivity contribution in [2.45, 2.75) is 19.7 Å². The molecule has 3 aromatic rings. The van der Waals surface area contributed by atoms with Crippen molar-refractivity contribution in [3.05, 3.63) is 94.8 Å².